The number of hydrogen-bond acceptors (Lipinski definition) is 3. The fraction of sp³-hybridized carbons (Fsp3) is 0.737. The summed E-state index contributed by atoms with van der Waals surface area (Å²) in [5.74, 6) is 5.35. The number of ether oxygens (including phenoxy) is 1. The van der Waals surface area contributed by atoms with E-state index in [0.29, 0.717) is 5.92 Å². The maximum atomic E-state index is 6.18. The van der Waals surface area contributed by atoms with Crippen molar-refractivity contribution in [3.63, 3.8) is 0 Å². The second kappa shape index (κ2) is 18.6. The fourth-order valence-corrected chi connectivity index (χ4v) is 7.31. The van der Waals surface area contributed by atoms with E-state index in [1.54, 1.807) is 0 Å². The first-order chi connectivity index (χ1) is 20.2. The van der Waals surface area contributed by atoms with Gasteiger partial charge >= 0.3 is 0 Å². The molecule has 0 saturated heterocycles. The second-order valence-electron chi connectivity index (χ2n) is 13.6. The normalized spacial score (nSPS) is 23.0. The van der Waals surface area contributed by atoms with Gasteiger partial charge in [-0.15, -0.1) is 0 Å². The first kappa shape index (κ1) is 32.0. The molecule has 0 atom stereocenters. The molecule has 2 saturated carbocycles. The summed E-state index contributed by atoms with van der Waals surface area (Å²) >= 11 is 0. The minimum Gasteiger partial charge on any atom is -0.493 e. The molecule has 41 heavy (non-hydrogen) atoms. The molecule has 0 N–H and O–H groups in total. The minimum atomic E-state index is 0.716. The Bertz CT molecular complexity index is 924. The number of aryl methyl sites for hydroxylation is 1. The average molecular weight is 561 g/mol. The number of unbranched alkanes of at least 4 members (excludes halogenated alkanes) is 7. The highest BCUT2D eigenvalue weighted by Crippen LogP contribution is 2.35. The van der Waals surface area contributed by atoms with Crippen LogP contribution in [0.1, 0.15) is 148 Å². The highest BCUT2D eigenvalue weighted by atomic mass is 16.5. The van der Waals surface area contributed by atoms with E-state index in [-0.39, 0.29) is 0 Å². The van der Waals surface area contributed by atoms with Gasteiger partial charge in [0.1, 0.15) is 5.75 Å². The zero-order chi connectivity index (χ0) is 28.5. The first-order valence-corrected chi connectivity index (χ1v) is 17.8. The van der Waals surface area contributed by atoms with Crippen molar-refractivity contribution in [2.45, 2.75) is 149 Å². The van der Waals surface area contributed by atoms with Gasteiger partial charge < -0.3 is 4.74 Å². The van der Waals surface area contributed by atoms with Crippen LogP contribution in [0.4, 0.5) is 0 Å². The summed E-state index contributed by atoms with van der Waals surface area (Å²) in [6.45, 7) is 5.46. The average Bonchev–Trinajstić information content (AvgIpc) is 3.02. The maximum Gasteiger partial charge on any atom is 0.159 e. The molecule has 0 spiro atoms. The van der Waals surface area contributed by atoms with Crippen LogP contribution in [0.3, 0.4) is 0 Å². The van der Waals surface area contributed by atoms with E-state index in [4.69, 9.17) is 14.7 Å². The van der Waals surface area contributed by atoms with Gasteiger partial charge in [-0.2, -0.15) is 0 Å². The van der Waals surface area contributed by atoms with Gasteiger partial charge in [-0.1, -0.05) is 123 Å². The molecule has 4 rings (SSSR count). The van der Waals surface area contributed by atoms with Crippen molar-refractivity contribution in [3.8, 4) is 17.1 Å². The lowest BCUT2D eigenvalue weighted by Crippen LogP contribution is -2.20. The summed E-state index contributed by atoms with van der Waals surface area (Å²) in [6.07, 6.45) is 33.3. The number of nitrogens with zero attached hydrogens (tertiary/aromatic N) is 2. The summed E-state index contributed by atoms with van der Waals surface area (Å²) in [7, 11) is 0. The Morgan fingerprint density at radius 2 is 1.07 bits per heavy atom. The van der Waals surface area contributed by atoms with Gasteiger partial charge in [0.05, 0.1) is 6.61 Å². The third kappa shape index (κ3) is 11.7. The van der Waals surface area contributed by atoms with Gasteiger partial charge in [-0.3, -0.25) is 0 Å². The van der Waals surface area contributed by atoms with E-state index in [0.717, 1.165) is 47.9 Å². The molecule has 3 heteroatoms. The van der Waals surface area contributed by atoms with E-state index < -0.39 is 0 Å². The van der Waals surface area contributed by atoms with Crippen LogP contribution < -0.4 is 4.74 Å². The van der Waals surface area contributed by atoms with Crippen LogP contribution in [-0.4, -0.2) is 16.6 Å². The number of hydrogen-bond donors (Lipinski definition) is 0. The third-order valence-corrected chi connectivity index (χ3v) is 10.3. The Balaban J connectivity index is 1.10. The largest absolute Gasteiger partial charge is 0.493 e. The molecule has 0 radical (unpaired) electrons. The van der Waals surface area contributed by atoms with Crippen LogP contribution in [0.25, 0.3) is 11.4 Å². The Labute approximate surface area is 252 Å². The van der Waals surface area contributed by atoms with Gasteiger partial charge in [0, 0.05) is 18.0 Å². The van der Waals surface area contributed by atoms with Crippen LogP contribution >= 0.6 is 0 Å². The maximum absolute atomic E-state index is 6.18. The molecular formula is C38H60N2O. The summed E-state index contributed by atoms with van der Waals surface area (Å²) in [6, 6.07) is 8.40. The summed E-state index contributed by atoms with van der Waals surface area (Å²) in [4.78, 5) is 9.43. The van der Waals surface area contributed by atoms with Gasteiger partial charge in [-0.25, -0.2) is 9.97 Å². The summed E-state index contributed by atoms with van der Waals surface area (Å²) < 4.78 is 6.18. The lowest BCUT2D eigenvalue weighted by molar-refractivity contribution is 0.177. The zero-order valence-electron chi connectivity index (χ0n) is 26.6. The van der Waals surface area contributed by atoms with Crippen LogP contribution in [0, 0.1) is 23.7 Å². The third-order valence-electron chi connectivity index (χ3n) is 10.3. The minimum absolute atomic E-state index is 0.716. The topological polar surface area (TPSA) is 35.0 Å². The molecule has 2 aliphatic carbocycles. The predicted molar refractivity (Wildman–Crippen MR) is 174 cm³/mol. The molecule has 0 aliphatic heterocycles. The van der Waals surface area contributed by atoms with E-state index in [9.17, 15) is 0 Å². The van der Waals surface area contributed by atoms with Crippen molar-refractivity contribution >= 4 is 0 Å². The Hall–Kier alpha value is -1.90. The Morgan fingerprint density at radius 1 is 0.585 bits per heavy atom. The lowest BCUT2D eigenvalue weighted by atomic mass is 9.78. The van der Waals surface area contributed by atoms with Crippen molar-refractivity contribution in [3.05, 3.63) is 42.2 Å². The van der Waals surface area contributed by atoms with Crippen molar-refractivity contribution in [1.29, 1.82) is 0 Å². The van der Waals surface area contributed by atoms with Crippen LogP contribution in [0.15, 0.2) is 36.7 Å². The predicted octanol–water partition coefficient (Wildman–Crippen LogP) is 11.4. The van der Waals surface area contributed by atoms with Gasteiger partial charge in [0.2, 0.25) is 0 Å². The molecule has 1 aromatic heterocycles. The van der Waals surface area contributed by atoms with Crippen LogP contribution in [0.5, 0.6) is 5.75 Å². The zero-order valence-corrected chi connectivity index (χ0v) is 26.6. The van der Waals surface area contributed by atoms with E-state index in [1.807, 2.05) is 0 Å². The highest BCUT2D eigenvalue weighted by molar-refractivity contribution is 5.55. The SMILES string of the molecule is CCCCCCCCC1CCC(CCc2cnc(-c3ccc(OCC4CCC(CCCCC)CC4)cc3)nc2)CC1. The molecule has 2 aliphatic rings. The van der Waals surface area contributed by atoms with Crippen molar-refractivity contribution in [1.82, 2.24) is 9.97 Å². The molecule has 0 amide bonds. The standard InChI is InChI=1S/C38H60N2O/c1-3-5-7-8-9-11-13-32-14-16-33(17-15-32)20-23-35-28-39-38(40-29-35)36-24-26-37(27-25-36)41-30-34-21-18-31(19-22-34)12-10-6-4-2/h24-29,31-34H,3-23,30H2,1-2H3. The molecule has 1 heterocycles. The molecule has 0 unspecified atom stereocenters. The molecular weight excluding hydrogens is 500 g/mol. The van der Waals surface area contributed by atoms with Crippen LogP contribution in [-0.2, 0) is 6.42 Å². The quantitative estimate of drug-likeness (QED) is 0.170. The Morgan fingerprint density at radius 3 is 1.68 bits per heavy atom. The van der Waals surface area contributed by atoms with Crippen molar-refractivity contribution in [2.24, 2.45) is 23.7 Å². The van der Waals surface area contributed by atoms with Gasteiger partial charge in [-0.05, 0) is 79.2 Å². The number of aromatic nitrogens is 2. The fourth-order valence-electron chi connectivity index (χ4n) is 7.31. The number of benzene rings is 1. The first-order valence-electron chi connectivity index (χ1n) is 17.8. The summed E-state index contributed by atoms with van der Waals surface area (Å²) in [5, 5.41) is 0. The smallest absolute Gasteiger partial charge is 0.159 e. The molecule has 2 aromatic rings. The summed E-state index contributed by atoms with van der Waals surface area (Å²) in [5.41, 5.74) is 2.35. The lowest BCUT2D eigenvalue weighted by Gasteiger charge is -2.28. The molecule has 2 fully saturated rings. The van der Waals surface area contributed by atoms with Crippen molar-refractivity contribution in [2.75, 3.05) is 6.61 Å². The van der Waals surface area contributed by atoms with E-state index >= 15 is 0 Å². The van der Waals surface area contributed by atoms with E-state index in [2.05, 4.69) is 50.5 Å². The number of rotatable bonds is 18. The molecule has 0 bridgehead atoms. The second-order valence-corrected chi connectivity index (χ2v) is 13.6. The van der Waals surface area contributed by atoms with Crippen LogP contribution in [0.2, 0.25) is 0 Å². The Kier molecular flexibility index (Phi) is 14.5. The monoisotopic (exact) mass is 560 g/mol. The highest BCUT2D eigenvalue weighted by Gasteiger charge is 2.22. The van der Waals surface area contributed by atoms with Gasteiger partial charge in [0.25, 0.3) is 0 Å². The van der Waals surface area contributed by atoms with Crippen molar-refractivity contribution < 1.29 is 4.74 Å². The molecule has 1 aromatic carbocycles. The molecule has 3 nitrogen and oxygen atoms in total. The molecule has 228 valence electrons. The van der Waals surface area contributed by atoms with E-state index in [1.165, 1.54) is 134 Å². The van der Waals surface area contributed by atoms with Gasteiger partial charge in [0.15, 0.2) is 5.82 Å².